The second-order valence-corrected chi connectivity index (χ2v) is 6.10. The fourth-order valence-corrected chi connectivity index (χ4v) is 3.20. The van der Waals surface area contributed by atoms with Crippen molar-refractivity contribution >= 4 is 6.21 Å². The largest absolute Gasteiger partial charge is 0.494 e. The van der Waals surface area contributed by atoms with Crippen LogP contribution in [0.5, 0.6) is 5.75 Å². The molecule has 2 aromatic rings. The molecule has 0 amide bonds. The van der Waals surface area contributed by atoms with E-state index >= 15 is 0 Å². The van der Waals surface area contributed by atoms with Gasteiger partial charge in [0.25, 0.3) is 0 Å². The third-order valence-electron chi connectivity index (χ3n) is 4.48. The Balaban J connectivity index is 1.67. The summed E-state index contributed by atoms with van der Waals surface area (Å²) in [5, 5.41) is 0. The van der Waals surface area contributed by atoms with Gasteiger partial charge < -0.3 is 14.7 Å². The first-order chi connectivity index (χ1) is 10.9. The Hall–Kier alpha value is -1.97. The average molecular weight is 299 g/mol. The van der Waals surface area contributed by atoms with Gasteiger partial charge in [0, 0.05) is 25.0 Å². The summed E-state index contributed by atoms with van der Waals surface area (Å²) in [6.45, 7) is 0.931. The highest BCUT2D eigenvalue weighted by Gasteiger charge is 2.12. The molecule has 0 unspecified atom stereocenters. The molecular formula is C18H25N3O. The minimum Gasteiger partial charge on any atom is -0.494 e. The number of nitrogens with one attached hydrogen (secondary N) is 2. The summed E-state index contributed by atoms with van der Waals surface area (Å²) in [7, 11) is 1.70. The molecular weight excluding hydrogens is 274 g/mol. The van der Waals surface area contributed by atoms with Gasteiger partial charge in [-0.1, -0.05) is 25.7 Å². The lowest BCUT2D eigenvalue weighted by Crippen LogP contribution is -2.03. The number of rotatable bonds is 5. The van der Waals surface area contributed by atoms with Crippen LogP contribution >= 0.6 is 0 Å². The molecule has 0 aliphatic heterocycles. The van der Waals surface area contributed by atoms with Crippen molar-refractivity contribution in [2.75, 3.05) is 13.7 Å². The van der Waals surface area contributed by atoms with Crippen LogP contribution < -0.4 is 4.74 Å². The fraction of sp³-hybridized carbons (Fsp3) is 0.500. The first kappa shape index (κ1) is 14.9. The summed E-state index contributed by atoms with van der Waals surface area (Å²) in [5.74, 6) is 1.59. The van der Waals surface area contributed by atoms with Crippen LogP contribution in [0.4, 0.5) is 0 Å². The zero-order chi connectivity index (χ0) is 15.2. The zero-order valence-corrected chi connectivity index (χ0v) is 13.3. The fourth-order valence-electron chi connectivity index (χ4n) is 3.20. The molecule has 2 aromatic heterocycles. The quantitative estimate of drug-likeness (QED) is 0.623. The lowest BCUT2D eigenvalue weighted by molar-refractivity contribution is 0.414. The summed E-state index contributed by atoms with van der Waals surface area (Å²) >= 11 is 0. The maximum atomic E-state index is 5.45. The normalized spacial score (nSPS) is 17.0. The number of hydrogen-bond donors (Lipinski definition) is 2. The molecule has 4 nitrogen and oxygen atoms in total. The van der Waals surface area contributed by atoms with E-state index in [2.05, 4.69) is 15.0 Å². The van der Waals surface area contributed by atoms with Crippen molar-refractivity contribution in [2.45, 2.75) is 38.5 Å². The van der Waals surface area contributed by atoms with E-state index in [4.69, 9.17) is 4.74 Å². The molecule has 1 aliphatic carbocycles. The molecule has 0 saturated heterocycles. The minimum absolute atomic E-state index is 0.752. The van der Waals surface area contributed by atoms with Crippen molar-refractivity contribution in [3.05, 3.63) is 30.1 Å². The first-order valence-corrected chi connectivity index (χ1v) is 8.27. The molecule has 3 rings (SSSR count). The summed E-state index contributed by atoms with van der Waals surface area (Å²) < 4.78 is 5.45. The number of hydrogen-bond acceptors (Lipinski definition) is 2. The lowest BCUT2D eigenvalue weighted by Gasteiger charge is -2.09. The molecule has 0 radical (unpaired) electrons. The van der Waals surface area contributed by atoms with Crippen molar-refractivity contribution in [3.63, 3.8) is 0 Å². The number of H-pyrrole nitrogens is 2. The van der Waals surface area contributed by atoms with Gasteiger partial charge in [-0.3, -0.25) is 4.99 Å². The lowest BCUT2D eigenvalue weighted by atomic mass is 10.0. The average Bonchev–Trinajstić information content (AvgIpc) is 3.12. The number of aromatic nitrogens is 2. The Labute approximate surface area is 132 Å². The van der Waals surface area contributed by atoms with Crippen molar-refractivity contribution in [1.82, 2.24) is 9.97 Å². The van der Waals surface area contributed by atoms with Crippen LogP contribution in [0, 0.1) is 5.92 Å². The summed E-state index contributed by atoms with van der Waals surface area (Å²) in [6, 6.07) is 6.04. The second-order valence-electron chi connectivity index (χ2n) is 6.10. The Kier molecular flexibility index (Phi) is 4.99. The van der Waals surface area contributed by atoms with Gasteiger partial charge in [0.1, 0.15) is 5.75 Å². The molecule has 4 heteroatoms. The van der Waals surface area contributed by atoms with Crippen molar-refractivity contribution in [1.29, 1.82) is 0 Å². The van der Waals surface area contributed by atoms with Crippen LogP contribution in [0.2, 0.25) is 0 Å². The van der Waals surface area contributed by atoms with E-state index in [-0.39, 0.29) is 0 Å². The molecule has 2 N–H and O–H groups in total. The molecule has 0 spiro atoms. The molecule has 1 saturated carbocycles. The number of nitrogens with zero attached hydrogens (tertiary/aromatic N) is 1. The van der Waals surface area contributed by atoms with Crippen LogP contribution in [0.1, 0.15) is 44.2 Å². The van der Waals surface area contributed by atoms with E-state index in [1.807, 2.05) is 30.6 Å². The Morgan fingerprint density at radius 1 is 1.23 bits per heavy atom. The van der Waals surface area contributed by atoms with Crippen molar-refractivity contribution in [2.24, 2.45) is 10.9 Å². The predicted molar refractivity (Wildman–Crippen MR) is 90.8 cm³/mol. The number of aliphatic imine (C=N–C) groups is 1. The second kappa shape index (κ2) is 7.34. The Morgan fingerprint density at radius 2 is 2.05 bits per heavy atom. The molecule has 0 aromatic carbocycles. The SMILES string of the molecule is COc1cc(-c2ccc[nH]2)[nH]c1C=NCC1CCCCCC1. The third-order valence-corrected chi connectivity index (χ3v) is 4.48. The first-order valence-electron chi connectivity index (χ1n) is 8.27. The van der Waals surface area contributed by atoms with Crippen LogP contribution in [0.3, 0.4) is 0 Å². The molecule has 2 heterocycles. The molecule has 118 valence electrons. The minimum atomic E-state index is 0.752. The van der Waals surface area contributed by atoms with Crippen LogP contribution in [0.25, 0.3) is 11.4 Å². The Morgan fingerprint density at radius 3 is 2.73 bits per heavy atom. The van der Waals surface area contributed by atoms with Crippen LogP contribution in [-0.2, 0) is 0 Å². The van der Waals surface area contributed by atoms with Gasteiger partial charge in [0.05, 0.1) is 24.2 Å². The topological polar surface area (TPSA) is 53.2 Å². The number of ether oxygens (including phenoxy) is 1. The number of methoxy groups -OCH3 is 1. The Bertz CT molecular complexity index is 590. The van der Waals surface area contributed by atoms with Gasteiger partial charge in [-0.25, -0.2) is 0 Å². The molecule has 1 fully saturated rings. The standard InChI is InChI=1S/C18H25N3O/c1-22-18-11-16(15-9-6-10-20-15)21-17(18)13-19-12-14-7-4-2-3-5-8-14/h6,9-11,13-14,20-21H,2-5,7-8,12H2,1H3. The number of aromatic amines is 2. The monoisotopic (exact) mass is 299 g/mol. The van der Waals surface area contributed by atoms with E-state index in [9.17, 15) is 0 Å². The van der Waals surface area contributed by atoms with E-state index < -0.39 is 0 Å². The van der Waals surface area contributed by atoms with Crippen molar-refractivity contribution < 1.29 is 4.74 Å². The summed E-state index contributed by atoms with van der Waals surface area (Å²) in [4.78, 5) is 11.2. The van der Waals surface area contributed by atoms with E-state index in [0.29, 0.717) is 0 Å². The summed E-state index contributed by atoms with van der Waals surface area (Å²) in [6.07, 6.45) is 12.0. The molecule has 1 aliphatic rings. The molecule has 0 atom stereocenters. The molecule has 22 heavy (non-hydrogen) atoms. The smallest absolute Gasteiger partial charge is 0.146 e. The summed E-state index contributed by atoms with van der Waals surface area (Å²) in [5.41, 5.74) is 3.03. The van der Waals surface area contributed by atoms with Gasteiger partial charge in [-0.2, -0.15) is 0 Å². The predicted octanol–water partition coefficient (Wildman–Crippen LogP) is 4.41. The van der Waals surface area contributed by atoms with Gasteiger partial charge in [0.2, 0.25) is 0 Å². The van der Waals surface area contributed by atoms with Gasteiger partial charge in [-0.15, -0.1) is 0 Å². The van der Waals surface area contributed by atoms with E-state index in [1.165, 1.54) is 38.5 Å². The maximum Gasteiger partial charge on any atom is 0.146 e. The third kappa shape index (κ3) is 3.62. The zero-order valence-electron chi connectivity index (χ0n) is 13.3. The van der Waals surface area contributed by atoms with E-state index in [0.717, 1.165) is 35.3 Å². The van der Waals surface area contributed by atoms with E-state index in [1.54, 1.807) is 7.11 Å². The van der Waals surface area contributed by atoms with Gasteiger partial charge in [0.15, 0.2) is 0 Å². The maximum absolute atomic E-state index is 5.45. The van der Waals surface area contributed by atoms with Gasteiger partial charge in [-0.05, 0) is 30.9 Å². The van der Waals surface area contributed by atoms with Crippen molar-refractivity contribution in [3.8, 4) is 17.1 Å². The highest BCUT2D eigenvalue weighted by atomic mass is 16.5. The highest BCUT2D eigenvalue weighted by Crippen LogP contribution is 2.26. The van der Waals surface area contributed by atoms with Crippen LogP contribution in [-0.4, -0.2) is 29.8 Å². The van der Waals surface area contributed by atoms with Gasteiger partial charge >= 0.3 is 0 Å². The van der Waals surface area contributed by atoms with Crippen LogP contribution in [0.15, 0.2) is 29.4 Å². The highest BCUT2D eigenvalue weighted by molar-refractivity contribution is 5.83. The molecule has 0 bridgehead atoms.